The predicted octanol–water partition coefficient (Wildman–Crippen LogP) is 4.58. The van der Waals surface area contributed by atoms with Crippen LogP contribution in [0.25, 0.3) is 11.4 Å². The van der Waals surface area contributed by atoms with E-state index in [1.54, 1.807) is 24.4 Å². The standard InChI is InChI=1S/C22H18F3N3O/c23-16-5-1-3-14(11-16)21-26-9-8-20(27-21)15-4-2-10-28(13-15)22(29)18-12-17(24)6-7-19(18)25/h1,3,5-9,11-12,15H,2,4,10,13H2. The summed E-state index contributed by atoms with van der Waals surface area (Å²) in [6, 6.07) is 10.7. The molecule has 148 valence electrons. The molecular formula is C22H18F3N3O. The van der Waals surface area contributed by atoms with Gasteiger partial charge < -0.3 is 4.90 Å². The van der Waals surface area contributed by atoms with Crippen molar-refractivity contribution in [3.8, 4) is 11.4 Å². The van der Waals surface area contributed by atoms with Crippen LogP contribution in [0.1, 0.15) is 34.8 Å². The smallest absolute Gasteiger partial charge is 0.256 e. The van der Waals surface area contributed by atoms with Gasteiger partial charge in [-0.3, -0.25) is 4.79 Å². The highest BCUT2D eigenvalue weighted by Crippen LogP contribution is 2.28. The summed E-state index contributed by atoms with van der Waals surface area (Å²) in [7, 11) is 0. The third kappa shape index (κ3) is 4.13. The van der Waals surface area contributed by atoms with E-state index < -0.39 is 17.5 Å². The van der Waals surface area contributed by atoms with Gasteiger partial charge in [0.15, 0.2) is 5.82 Å². The minimum absolute atomic E-state index is 0.0698. The first-order chi connectivity index (χ1) is 14.0. The summed E-state index contributed by atoms with van der Waals surface area (Å²) >= 11 is 0. The van der Waals surface area contributed by atoms with Gasteiger partial charge >= 0.3 is 0 Å². The maximum Gasteiger partial charge on any atom is 0.256 e. The Labute approximate surface area is 166 Å². The number of likely N-dealkylation sites (tertiary alicyclic amines) is 1. The molecule has 1 aromatic heterocycles. The Bertz CT molecular complexity index is 1060. The Kier molecular flexibility index (Phi) is 5.29. The molecule has 1 aliphatic heterocycles. The zero-order valence-electron chi connectivity index (χ0n) is 15.5. The van der Waals surface area contributed by atoms with Crippen molar-refractivity contribution >= 4 is 5.91 Å². The average molecular weight is 397 g/mol. The molecule has 1 saturated heterocycles. The number of rotatable bonds is 3. The van der Waals surface area contributed by atoms with Gasteiger partial charge in [0.05, 0.1) is 5.56 Å². The molecule has 4 nitrogen and oxygen atoms in total. The molecule has 0 spiro atoms. The van der Waals surface area contributed by atoms with Gasteiger partial charge in [0.2, 0.25) is 0 Å². The molecule has 0 bridgehead atoms. The molecule has 4 rings (SSSR count). The molecule has 2 heterocycles. The highest BCUT2D eigenvalue weighted by Gasteiger charge is 2.28. The summed E-state index contributed by atoms with van der Waals surface area (Å²) in [6.07, 6.45) is 3.12. The zero-order chi connectivity index (χ0) is 20.4. The van der Waals surface area contributed by atoms with E-state index in [2.05, 4.69) is 9.97 Å². The molecule has 1 amide bonds. The van der Waals surface area contributed by atoms with Crippen LogP contribution in [-0.2, 0) is 0 Å². The van der Waals surface area contributed by atoms with Crippen LogP contribution in [-0.4, -0.2) is 33.9 Å². The van der Waals surface area contributed by atoms with E-state index in [4.69, 9.17) is 0 Å². The third-order valence-corrected chi connectivity index (χ3v) is 5.05. The zero-order valence-corrected chi connectivity index (χ0v) is 15.5. The van der Waals surface area contributed by atoms with Crippen molar-refractivity contribution in [1.82, 2.24) is 14.9 Å². The van der Waals surface area contributed by atoms with Gasteiger partial charge in [-0.1, -0.05) is 12.1 Å². The van der Waals surface area contributed by atoms with Crippen LogP contribution in [0.5, 0.6) is 0 Å². The maximum absolute atomic E-state index is 14.0. The van der Waals surface area contributed by atoms with E-state index in [9.17, 15) is 18.0 Å². The largest absolute Gasteiger partial charge is 0.338 e. The first-order valence-electron chi connectivity index (χ1n) is 9.34. The van der Waals surface area contributed by atoms with Crippen LogP contribution in [0.4, 0.5) is 13.2 Å². The third-order valence-electron chi connectivity index (χ3n) is 5.05. The van der Waals surface area contributed by atoms with Crippen LogP contribution in [0.3, 0.4) is 0 Å². The van der Waals surface area contributed by atoms with Crippen molar-refractivity contribution in [3.05, 3.63) is 83.4 Å². The highest BCUT2D eigenvalue weighted by molar-refractivity contribution is 5.94. The van der Waals surface area contributed by atoms with Crippen LogP contribution in [0, 0.1) is 17.5 Å². The molecule has 1 aliphatic rings. The number of aromatic nitrogens is 2. The SMILES string of the molecule is O=C(c1cc(F)ccc1F)N1CCCC(c2ccnc(-c3cccc(F)c3)n2)C1. The molecular weight excluding hydrogens is 379 g/mol. The van der Waals surface area contributed by atoms with E-state index in [0.29, 0.717) is 30.9 Å². The molecule has 0 N–H and O–H groups in total. The number of nitrogens with zero attached hydrogens (tertiary/aromatic N) is 3. The van der Waals surface area contributed by atoms with Crippen molar-refractivity contribution in [3.63, 3.8) is 0 Å². The Morgan fingerprint density at radius 2 is 1.86 bits per heavy atom. The van der Waals surface area contributed by atoms with Gasteiger partial charge in [0, 0.05) is 36.5 Å². The summed E-state index contributed by atoms with van der Waals surface area (Å²) in [5.74, 6) is -1.97. The van der Waals surface area contributed by atoms with Crippen molar-refractivity contribution in [1.29, 1.82) is 0 Å². The second kappa shape index (κ2) is 8.03. The van der Waals surface area contributed by atoms with E-state index in [1.807, 2.05) is 0 Å². The van der Waals surface area contributed by atoms with Crippen molar-refractivity contribution in [2.75, 3.05) is 13.1 Å². The van der Waals surface area contributed by atoms with Crippen LogP contribution in [0.2, 0.25) is 0 Å². The Hall–Kier alpha value is -3.22. The van der Waals surface area contributed by atoms with E-state index >= 15 is 0 Å². The Morgan fingerprint density at radius 3 is 2.69 bits per heavy atom. The quantitative estimate of drug-likeness (QED) is 0.650. The van der Waals surface area contributed by atoms with E-state index in [0.717, 1.165) is 30.3 Å². The number of hydrogen-bond donors (Lipinski definition) is 0. The summed E-state index contributed by atoms with van der Waals surface area (Å²) in [6.45, 7) is 0.807. The van der Waals surface area contributed by atoms with Crippen molar-refractivity contribution in [2.45, 2.75) is 18.8 Å². The summed E-state index contributed by atoms with van der Waals surface area (Å²) in [4.78, 5) is 23.0. The lowest BCUT2D eigenvalue weighted by molar-refractivity contribution is 0.0700. The molecule has 0 saturated carbocycles. The minimum atomic E-state index is -0.742. The topological polar surface area (TPSA) is 46.1 Å². The fraction of sp³-hybridized carbons (Fsp3) is 0.227. The number of carbonyl (C=O) groups excluding carboxylic acids is 1. The molecule has 1 unspecified atom stereocenters. The monoisotopic (exact) mass is 397 g/mol. The molecule has 2 aromatic carbocycles. The fourth-order valence-electron chi connectivity index (χ4n) is 3.60. The van der Waals surface area contributed by atoms with Gasteiger partial charge in [-0.05, 0) is 49.2 Å². The fourth-order valence-corrected chi connectivity index (χ4v) is 3.60. The maximum atomic E-state index is 14.0. The second-order valence-electron chi connectivity index (χ2n) is 7.03. The Balaban J connectivity index is 1.56. The lowest BCUT2D eigenvalue weighted by Crippen LogP contribution is -2.39. The highest BCUT2D eigenvalue weighted by atomic mass is 19.1. The predicted molar refractivity (Wildman–Crippen MR) is 102 cm³/mol. The first-order valence-corrected chi connectivity index (χ1v) is 9.34. The van der Waals surface area contributed by atoms with Crippen LogP contribution < -0.4 is 0 Å². The van der Waals surface area contributed by atoms with Gasteiger partial charge in [0.1, 0.15) is 17.5 Å². The molecule has 3 aromatic rings. The lowest BCUT2D eigenvalue weighted by atomic mass is 9.94. The van der Waals surface area contributed by atoms with Crippen LogP contribution in [0.15, 0.2) is 54.7 Å². The van der Waals surface area contributed by atoms with Gasteiger partial charge in [-0.25, -0.2) is 23.1 Å². The summed E-state index contributed by atoms with van der Waals surface area (Å²) in [5.41, 5.74) is 1.03. The lowest BCUT2D eigenvalue weighted by Gasteiger charge is -2.32. The molecule has 7 heteroatoms. The normalized spacial score (nSPS) is 16.7. The molecule has 0 radical (unpaired) electrons. The van der Waals surface area contributed by atoms with Crippen molar-refractivity contribution < 1.29 is 18.0 Å². The number of benzene rings is 2. The summed E-state index contributed by atoms with van der Waals surface area (Å²) in [5, 5.41) is 0. The number of piperidine rings is 1. The van der Waals surface area contributed by atoms with E-state index in [-0.39, 0.29) is 17.3 Å². The Morgan fingerprint density at radius 1 is 1.03 bits per heavy atom. The van der Waals surface area contributed by atoms with E-state index in [1.165, 1.54) is 17.0 Å². The molecule has 29 heavy (non-hydrogen) atoms. The summed E-state index contributed by atoms with van der Waals surface area (Å²) < 4.78 is 41.0. The number of hydrogen-bond acceptors (Lipinski definition) is 3. The average Bonchev–Trinajstić information content (AvgIpc) is 2.75. The van der Waals surface area contributed by atoms with Gasteiger partial charge in [-0.15, -0.1) is 0 Å². The minimum Gasteiger partial charge on any atom is -0.338 e. The van der Waals surface area contributed by atoms with Crippen LogP contribution >= 0.6 is 0 Å². The molecule has 1 atom stereocenters. The molecule has 0 aliphatic carbocycles. The van der Waals surface area contributed by atoms with Gasteiger partial charge in [0.25, 0.3) is 5.91 Å². The number of amides is 1. The van der Waals surface area contributed by atoms with Gasteiger partial charge in [-0.2, -0.15) is 0 Å². The number of carbonyl (C=O) groups is 1. The number of halogens is 3. The van der Waals surface area contributed by atoms with Crippen molar-refractivity contribution in [2.24, 2.45) is 0 Å². The second-order valence-corrected chi connectivity index (χ2v) is 7.03. The molecule has 1 fully saturated rings. The first kappa shape index (κ1) is 19.1.